The number of benzene rings is 1. The van der Waals surface area contributed by atoms with Crippen LogP contribution in [-0.2, 0) is 6.61 Å². The molecule has 0 unspecified atom stereocenters. The van der Waals surface area contributed by atoms with Crippen LogP contribution in [0.3, 0.4) is 0 Å². The van der Waals surface area contributed by atoms with Crippen LogP contribution in [0.5, 0.6) is 5.75 Å². The molecule has 0 aliphatic heterocycles. The predicted molar refractivity (Wildman–Crippen MR) is 53.1 cm³/mol. The molecule has 1 N–H and O–H groups in total. The highest BCUT2D eigenvalue weighted by molar-refractivity contribution is 5.49. The summed E-state index contributed by atoms with van der Waals surface area (Å²) in [6.07, 6.45) is 0. The zero-order valence-electron chi connectivity index (χ0n) is 8.64. The van der Waals surface area contributed by atoms with Crippen LogP contribution >= 0.6 is 0 Å². The van der Waals surface area contributed by atoms with E-state index in [2.05, 4.69) is 6.07 Å². The number of aliphatic hydroxyl groups is 1. The fraction of sp³-hybridized carbons (Fsp3) is 0.455. The second-order valence-corrected chi connectivity index (χ2v) is 3.31. The molecule has 0 atom stereocenters. The van der Waals surface area contributed by atoms with Crippen LogP contribution in [0.4, 0.5) is 0 Å². The minimum atomic E-state index is 0.0378. The van der Waals surface area contributed by atoms with Gasteiger partial charge in [-0.15, -0.1) is 0 Å². The summed E-state index contributed by atoms with van der Waals surface area (Å²) in [5.74, 6) is 0.819. The molecular formula is C11H16O2. The minimum Gasteiger partial charge on any atom is -0.496 e. The molecule has 0 saturated carbocycles. The number of aliphatic hydroxyl groups excluding tert-OH is 1. The first-order valence-electron chi connectivity index (χ1n) is 4.36. The maximum Gasteiger partial charge on any atom is 0.127 e. The molecule has 0 aliphatic rings. The molecule has 2 heteroatoms. The molecule has 0 spiro atoms. The van der Waals surface area contributed by atoms with E-state index in [0.29, 0.717) is 0 Å². The van der Waals surface area contributed by atoms with E-state index >= 15 is 0 Å². The topological polar surface area (TPSA) is 29.5 Å². The van der Waals surface area contributed by atoms with E-state index in [1.165, 1.54) is 5.56 Å². The van der Waals surface area contributed by atoms with Gasteiger partial charge in [-0.05, 0) is 37.5 Å². The van der Waals surface area contributed by atoms with Crippen LogP contribution in [0.2, 0.25) is 0 Å². The maximum atomic E-state index is 9.17. The van der Waals surface area contributed by atoms with Gasteiger partial charge in [-0.25, -0.2) is 0 Å². The monoisotopic (exact) mass is 180 g/mol. The van der Waals surface area contributed by atoms with Crippen LogP contribution < -0.4 is 4.74 Å². The lowest BCUT2D eigenvalue weighted by Gasteiger charge is -2.14. The molecule has 0 bridgehead atoms. The predicted octanol–water partition coefficient (Wildman–Crippen LogP) is 2.11. The van der Waals surface area contributed by atoms with Gasteiger partial charge in [0, 0.05) is 5.56 Å². The first kappa shape index (κ1) is 10.1. The van der Waals surface area contributed by atoms with Gasteiger partial charge < -0.3 is 9.84 Å². The molecule has 0 aromatic heterocycles. The Balaban J connectivity index is 3.41. The van der Waals surface area contributed by atoms with Gasteiger partial charge in [-0.1, -0.05) is 6.07 Å². The molecule has 0 aliphatic carbocycles. The van der Waals surface area contributed by atoms with E-state index in [1.807, 2.05) is 20.8 Å². The van der Waals surface area contributed by atoms with Crippen LogP contribution in [0.25, 0.3) is 0 Å². The third-order valence-corrected chi connectivity index (χ3v) is 2.48. The number of rotatable bonds is 2. The van der Waals surface area contributed by atoms with E-state index in [4.69, 9.17) is 9.84 Å². The summed E-state index contributed by atoms with van der Waals surface area (Å²) in [6.45, 7) is 6.08. The van der Waals surface area contributed by atoms with Crippen molar-refractivity contribution in [1.29, 1.82) is 0 Å². The summed E-state index contributed by atoms with van der Waals surface area (Å²) in [5, 5.41) is 9.17. The lowest BCUT2D eigenvalue weighted by Crippen LogP contribution is -1.99. The van der Waals surface area contributed by atoms with E-state index in [1.54, 1.807) is 7.11 Å². The van der Waals surface area contributed by atoms with Gasteiger partial charge in [0.1, 0.15) is 5.75 Å². The van der Waals surface area contributed by atoms with Gasteiger partial charge in [0.2, 0.25) is 0 Å². The summed E-state index contributed by atoms with van der Waals surface area (Å²) in [6, 6.07) is 2.07. The highest BCUT2D eigenvalue weighted by Gasteiger charge is 2.10. The molecule has 13 heavy (non-hydrogen) atoms. The molecule has 72 valence electrons. The van der Waals surface area contributed by atoms with E-state index in [0.717, 1.165) is 22.4 Å². The number of aryl methyl sites for hydroxylation is 2. The maximum absolute atomic E-state index is 9.17. The Morgan fingerprint density at radius 2 is 1.85 bits per heavy atom. The Kier molecular flexibility index (Phi) is 2.94. The molecule has 2 nitrogen and oxygen atoms in total. The molecule has 1 aromatic rings. The Bertz CT molecular complexity index is 316. The molecule has 0 radical (unpaired) electrons. The lowest BCUT2D eigenvalue weighted by molar-refractivity contribution is 0.272. The minimum absolute atomic E-state index is 0.0378. The summed E-state index contributed by atoms with van der Waals surface area (Å²) in [4.78, 5) is 0. The zero-order valence-corrected chi connectivity index (χ0v) is 8.64. The molecule has 0 saturated heterocycles. The van der Waals surface area contributed by atoms with Crippen molar-refractivity contribution >= 4 is 0 Å². The van der Waals surface area contributed by atoms with Crippen molar-refractivity contribution in [3.8, 4) is 5.75 Å². The molecular weight excluding hydrogens is 164 g/mol. The van der Waals surface area contributed by atoms with Crippen molar-refractivity contribution in [2.24, 2.45) is 0 Å². The number of methoxy groups -OCH3 is 1. The second-order valence-electron chi connectivity index (χ2n) is 3.31. The van der Waals surface area contributed by atoms with E-state index in [-0.39, 0.29) is 6.61 Å². The summed E-state index contributed by atoms with van der Waals surface area (Å²) < 4.78 is 5.27. The standard InChI is InChI=1S/C11H16O2/c1-7-5-8(2)10(6-12)11(13-4)9(7)3/h5,12H,6H2,1-4H3. The molecule has 1 aromatic carbocycles. The normalized spacial score (nSPS) is 10.2. The molecule has 0 heterocycles. The average Bonchev–Trinajstić information content (AvgIpc) is 2.10. The van der Waals surface area contributed by atoms with E-state index < -0.39 is 0 Å². The summed E-state index contributed by atoms with van der Waals surface area (Å²) in [7, 11) is 1.64. The highest BCUT2D eigenvalue weighted by atomic mass is 16.5. The Labute approximate surface area is 79.2 Å². The molecule has 0 amide bonds. The Hall–Kier alpha value is -1.02. The number of hydrogen-bond donors (Lipinski definition) is 1. The second kappa shape index (κ2) is 3.79. The molecule has 1 rings (SSSR count). The quantitative estimate of drug-likeness (QED) is 0.755. The SMILES string of the molecule is COc1c(C)c(C)cc(C)c1CO. The van der Waals surface area contributed by atoms with Crippen molar-refractivity contribution in [3.63, 3.8) is 0 Å². The van der Waals surface area contributed by atoms with Gasteiger partial charge in [-0.3, -0.25) is 0 Å². The third-order valence-electron chi connectivity index (χ3n) is 2.48. The first-order valence-corrected chi connectivity index (χ1v) is 4.36. The lowest BCUT2D eigenvalue weighted by atomic mass is 9.99. The smallest absolute Gasteiger partial charge is 0.127 e. The fourth-order valence-electron chi connectivity index (χ4n) is 1.58. The first-order chi connectivity index (χ1) is 6.11. The van der Waals surface area contributed by atoms with Crippen molar-refractivity contribution in [2.75, 3.05) is 7.11 Å². The summed E-state index contributed by atoms with van der Waals surface area (Å²) >= 11 is 0. The number of ether oxygens (including phenoxy) is 1. The van der Waals surface area contributed by atoms with Crippen molar-refractivity contribution in [3.05, 3.63) is 28.3 Å². The van der Waals surface area contributed by atoms with Gasteiger partial charge in [0.05, 0.1) is 13.7 Å². The summed E-state index contributed by atoms with van der Waals surface area (Å²) in [5.41, 5.74) is 4.29. The molecule has 0 fully saturated rings. The van der Waals surface area contributed by atoms with Gasteiger partial charge in [0.15, 0.2) is 0 Å². The zero-order chi connectivity index (χ0) is 10.0. The van der Waals surface area contributed by atoms with Crippen molar-refractivity contribution in [2.45, 2.75) is 27.4 Å². The van der Waals surface area contributed by atoms with Crippen molar-refractivity contribution in [1.82, 2.24) is 0 Å². The van der Waals surface area contributed by atoms with Gasteiger partial charge in [-0.2, -0.15) is 0 Å². The van der Waals surface area contributed by atoms with E-state index in [9.17, 15) is 0 Å². The highest BCUT2D eigenvalue weighted by Crippen LogP contribution is 2.29. The average molecular weight is 180 g/mol. The van der Waals surface area contributed by atoms with Crippen LogP contribution in [0, 0.1) is 20.8 Å². The fourth-order valence-corrected chi connectivity index (χ4v) is 1.58. The Morgan fingerprint density at radius 1 is 1.23 bits per heavy atom. The number of hydrogen-bond acceptors (Lipinski definition) is 2. The Morgan fingerprint density at radius 3 is 2.31 bits per heavy atom. The van der Waals surface area contributed by atoms with Crippen LogP contribution in [0.1, 0.15) is 22.3 Å². The largest absolute Gasteiger partial charge is 0.496 e. The van der Waals surface area contributed by atoms with Gasteiger partial charge in [0.25, 0.3) is 0 Å². The van der Waals surface area contributed by atoms with Gasteiger partial charge >= 0.3 is 0 Å². The van der Waals surface area contributed by atoms with Crippen LogP contribution in [-0.4, -0.2) is 12.2 Å². The van der Waals surface area contributed by atoms with Crippen LogP contribution in [0.15, 0.2) is 6.07 Å². The third kappa shape index (κ3) is 1.68. The van der Waals surface area contributed by atoms with Crippen molar-refractivity contribution < 1.29 is 9.84 Å².